The van der Waals surface area contributed by atoms with E-state index in [1.54, 1.807) is 11.3 Å². The van der Waals surface area contributed by atoms with Gasteiger partial charge in [0.15, 0.2) is 0 Å². The van der Waals surface area contributed by atoms with Gasteiger partial charge in [-0.25, -0.2) is 0 Å². The molecular weight excluding hydrogens is 326 g/mol. The Morgan fingerprint density at radius 3 is 2.89 bits per heavy atom. The fourth-order valence-corrected chi connectivity index (χ4v) is 3.88. The molecule has 19 heavy (non-hydrogen) atoms. The summed E-state index contributed by atoms with van der Waals surface area (Å²) in [6, 6.07) is 4.13. The number of hydrogen-bond donors (Lipinski definition) is 1. The highest BCUT2D eigenvalue weighted by Crippen LogP contribution is 2.33. The van der Waals surface area contributed by atoms with Gasteiger partial charge in [0.25, 0.3) is 0 Å². The molecule has 2 aromatic heterocycles. The quantitative estimate of drug-likeness (QED) is 0.840. The summed E-state index contributed by atoms with van der Waals surface area (Å²) in [5.41, 5.74) is 6.23. The van der Waals surface area contributed by atoms with Crippen molar-refractivity contribution in [1.29, 1.82) is 0 Å². The molecule has 6 heteroatoms. The Bertz CT molecular complexity index is 554. The summed E-state index contributed by atoms with van der Waals surface area (Å²) in [6.07, 6.45) is 5.75. The summed E-state index contributed by atoms with van der Waals surface area (Å²) in [5, 5.41) is 4.09. The molecule has 4 nitrogen and oxygen atoms in total. The topological polar surface area (TPSA) is 64.9 Å². The van der Waals surface area contributed by atoms with Crippen LogP contribution in [0.25, 0.3) is 10.7 Å². The molecule has 0 amide bonds. The van der Waals surface area contributed by atoms with Crippen LogP contribution in [-0.4, -0.2) is 16.2 Å². The first-order chi connectivity index (χ1) is 9.24. The van der Waals surface area contributed by atoms with E-state index < -0.39 is 0 Å². The van der Waals surface area contributed by atoms with E-state index in [4.69, 9.17) is 10.3 Å². The van der Waals surface area contributed by atoms with Crippen LogP contribution in [0.4, 0.5) is 0 Å². The van der Waals surface area contributed by atoms with Crippen molar-refractivity contribution >= 4 is 27.3 Å². The van der Waals surface area contributed by atoms with Gasteiger partial charge in [-0.15, -0.1) is 11.3 Å². The first-order valence-corrected chi connectivity index (χ1v) is 8.20. The highest BCUT2D eigenvalue weighted by molar-refractivity contribution is 9.11. The number of nitrogens with two attached hydrogens (primary N) is 1. The number of aromatic nitrogens is 2. The lowest BCUT2D eigenvalue weighted by molar-refractivity contribution is 0.326. The minimum atomic E-state index is 0.144. The Kier molecular flexibility index (Phi) is 4.00. The van der Waals surface area contributed by atoms with Gasteiger partial charge in [0.2, 0.25) is 11.7 Å². The van der Waals surface area contributed by atoms with Crippen molar-refractivity contribution in [3.8, 4) is 10.7 Å². The molecule has 0 bridgehead atoms. The predicted molar refractivity (Wildman–Crippen MR) is 79.1 cm³/mol. The van der Waals surface area contributed by atoms with E-state index in [0.29, 0.717) is 11.7 Å². The second kappa shape index (κ2) is 5.73. The maximum absolute atomic E-state index is 6.23. The van der Waals surface area contributed by atoms with Crippen LogP contribution >= 0.6 is 27.3 Å². The van der Waals surface area contributed by atoms with Gasteiger partial charge < -0.3 is 10.3 Å². The molecule has 102 valence electrons. The van der Waals surface area contributed by atoms with E-state index in [-0.39, 0.29) is 12.0 Å². The Morgan fingerprint density at radius 2 is 2.11 bits per heavy atom. The molecule has 2 atom stereocenters. The average molecular weight is 342 g/mol. The third kappa shape index (κ3) is 2.90. The Hall–Kier alpha value is -0.720. The molecule has 2 N–H and O–H groups in total. The van der Waals surface area contributed by atoms with Crippen molar-refractivity contribution in [2.75, 3.05) is 0 Å². The summed E-state index contributed by atoms with van der Waals surface area (Å²) in [5.74, 6) is 1.59. The van der Waals surface area contributed by atoms with E-state index in [0.717, 1.165) is 21.5 Å². The lowest BCUT2D eigenvalue weighted by Crippen LogP contribution is -2.27. The molecule has 0 aromatic carbocycles. The first kappa shape index (κ1) is 13.3. The molecule has 2 aromatic rings. The second-order valence-electron chi connectivity index (χ2n) is 4.97. The summed E-state index contributed by atoms with van der Waals surface area (Å²) in [4.78, 5) is 5.56. The molecule has 1 saturated carbocycles. The summed E-state index contributed by atoms with van der Waals surface area (Å²) in [7, 11) is 0. The van der Waals surface area contributed by atoms with E-state index in [2.05, 4.69) is 26.1 Å². The monoisotopic (exact) mass is 341 g/mol. The maximum atomic E-state index is 6.23. The van der Waals surface area contributed by atoms with Crippen molar-refractivity contribution in [2.45, 2.75) is 44.1 Å². The van der Waals surface area contributed by atoms with Gasteiger partial charge in [-0.2, -0.15) is 4.98 Å². The molecule has 2 heterocycles. The normalized spacial score (nSPS) is 24.3. The van der Waals surface area contributed by atoms with Crippen LogP contribution in [0, 0.1) is 0 Å². The molecule has 1 aliphatic rings. The van der Waals surface area contributed by atoms with Gasteiger partial charge in [-0.1, -0.05) is 24.4 Å². The zero-order valence-corrected chi connectivity index (χ0v) is 12.9. The summed E-state index contributed by atoms with van der Waals surface area (Å²) >= 11 is 5.05. The van der Waals surface area contributed by atoms with Crippen LogP contribution in [-0.2, 0) is 0 Å². The van der Waals surface area contributed by atoms with Crippen LogP contribution < -0.4 is 5.73 Å². The minimum absolute atomic E-state index is 0.144. The molecular formula is C13H16BrN3OS. The van der Waals surface area contributed by atoms with Crippen molar-refractivity contribution in [3.63, 3.8) is 0 Å². The predicted octanol–water partition coefficient (Wildman–Crippen LogP) is 3.94. The SMILES string of the molecule is NC1CCCCCC1c1nc(-c2ccc(Br)s2)no1. The lowest BCUT2D eigenvalue weighted by atomic mass is 9.95. The molecule has 0 saturated heterocycles. The third-order valence-corrected chi connectivity index (χ3v) is 5.24. The molecule has 2 unspecified atom stereocenters. The Labute approximate surface area is 124 Å². The number of thiophene rings is 1. The summed E-state index contributed by atoms with van der Waals surface area (Å²) in [6.45, 7) is 0. The molecule has 1 fully saturated rings. The van der Waals surface area contributed by atoms with Gasteiger partial charge in [0, 0.05) is 6.04 Å². The van der Waals surface area contributed by atoms with Crippen LogP contribution in [0.1, 0.15) is 43.9 Å². The summed E-state index contributed by atoms with van der Waals surface area (Å²) < 4.78 is 6.51. The van der Waals surface area contributed by atoms with E-state index in [1.807, 2.05) is 12.1 Å². The van der Waals surface area contributed by atoms with Gasteiger partial charge >= 0.3 is 0 Å². The van der Waals surface area contributed by atoms with Crippen molar-refractivity contribution in [1.82, 2.24) is 10.1 Å². The number of rotatable bonds is 2. The minimum Gasteiger partial charge on any atom is -0.339 e. The molecule has 0 radical (unpaired) electrons. The average Bonchev–Trinajstić information content (AvgIpc) is 2.97. The molecule has 0 spiro atoms. The zero-order chi connectivity index (χ0) is 13.2. The number of halogens is 1. The highest BCUT2D eigenvalue weighted by Gasteiger charge is 2.27. The van der Waals surface area contributed by atoms with Gasteiger partial charge in [-0.05, 0) is 40.9 Å². The lowest BCUT2D eigenvalue weighted by Gasteiger charge is -2.16. The second-order valence-corrected chi connectivity index (χ2v) is 7.43. The van der Waals surface area contributed by atoms with E-state index in [1.165, 1.54) is 19.3 Å². The van der Waals surface area contributed by atoms with E-state index in [9.17, 15) is 0 Å². The standard InChI is InChI=1S/C13H16BrN3OS/c14-11-7-6-10(19-11)12-16-13(18-17-12)8-4-2-1-3-5-9(8)15/h6-9H,1-5,15H2. The molecule has 0 aliphatic heterocycles. The smallest absolute Gasteiger partial charge is 0.231 e. The fourth-order valence-electron chi connectivity index (χ4n) is 2.56. The van der Waals surface area contributed by atoms with Gasteiger partial charge in [0.1, 0.15) is 0 Å². The van der Waals surface area contributed by atoms with Crippen LogP contribution in [0.15, 0.2) is 20.4 Å². The van der Waals surface area contributed by atoms with Crippen molar-refractivity contribution in [3.05, 3.63) is 21.8 Å². The fraction of sp³-hybridized carbons (Fsp3) is 0.538. The van der Waals surface area contributed by atoms with Crippen LogP contribution in [0.2, 0.25) is 0 Å². The number of nitrogens with zero attached hydrogens (tertiary/aromatic N) is 2. The van der Waals surface area contributed by atoms with Crippen LogP contribution in [0.5, 0.6) is 0 Å². The van der Waals surface area contributed by atoms with Crippen molar-refractivity contribution < 1.29 is 4.52 Å². The van der Waals surface area contributed by atoms with Gasteiger partial charge in [-0.3, -0.25) is 0 Å². The maximum Gasteiger partial charge on any atom is 0.231 e. The Morgan fingerprint density at radius 1 is 1.26 bits per heavy atom. The third-order valence-electron chi connectivity index (χ3n) is 3.62. The largest absolute Gasteiger partial charge is 0.339 e. The Balaban J connectivity index is 1.84. The first-order valence-electron chi connectivity index (χ1n) is 6.59. The van der Waals surface area contributed by atoms with Gasteiger partial charge in [0.05, 0.1) is 14.6 Å². The zero-order valence-electron chi connectivity index (χ0n) is 10.5. The van der Waals surface area contributed by atoms with E-state index >= 15 is 0 Å². The molecule has 3 rings (SSSR count). The van der Waals surface area contributed by atoms with Crippen LogP contribution in [0.3, 0.4) is 0 Å². The highest BCUT2D eigenvalue weighted by atomic mass is 79.9. The molecule has 1 aliphatic carbocycles. The van der Waals surface area contributed by atoms with Crippen molar-refractivity contribution in [2.24, 2.45) is 5.73 Å². The number of hydrogen-bond acceptors (Lipinski definition) is 5.